The number of carbonyl (C=O) groups excluding carboxylic acids is 1. The van der Waals surface area contributed by atoms with Crippen LogP contribution < -0.4 is 5.32 Å². The second-order valence-corrected chi connectivity index (χ2v) is 8.69. The first-order chi connectivity index (χ1) is 11.0. The molecule has 0 unspecified atom stereocenters. The van der Waals surface area contributed by atoms with Crippen LogP contribution in [0.2, 0.25) is 10.0 Å². The Labute approximate surface area is 152 Å². The molecule has 0 amide bonds. The lowest BCUT2D eigenvalue weighted by molar-refractivity contribution is -0.160. The van der Waals surface area contributed by atoms with Gasteiger partial charge in [0, 0.05) is 6.54 Å². The maximum atomic E-state index is 12.2. The lowest BCUT2D eigenvalue weighted by atomic mass is 10.2. The first-order valence-electron chi connectivity index (χ1n) is 7.20. The first-order valence-corrected chi connectivity index (χ1v) is 9.61. The molecule has 0 heterocycles. The maximum absolute atomic E-state index is 12.2. The number of ether oxygens (including phenoxy) is 2. The Morgan fingerprint density at radius 2 is 1.79 bits per heavy atom. The zero-order valence-corrected chi connectivity index (χ0v) is 16.1. The number of hydrogen-bond donors (Lipinski definition) is 1. The van der Waals surface area contributed by atoms with Crippen LogP contribution >= 0.6 is 23.2 Å². The molecule has 0 bridgehead atoms. The van der Waals surface area contributed by atoms with E-state index in [4.69, 9.17) is 32.7 Å². The average molecular weight is 398 g/mol. The smallest absolute Gasteiger partial charge is 0.332 e. The van der Waals surface area contributed by atoms with Crippen molar-refractivity contribution in [3.05, 3.63) is 28.2 Å². The molecular weight excluding hydrogens is 377 g/mol. The SMILES string of the molecule is CC(C)(C)OC(=O)COCCNCS(=O)(=O)c1c(Cl)cccc1Cl. The highest BCUT2D eigenvalue weighted by atomic mass is 35.5. The predicted molar refractivity (Wildman–Crippen MR) is 93.2 cm³/mol. The molecular formula is C15H21Cl2NO5S. The molecule has 1 rings (SSSR count). The van der Waals surface area contributed by atoms with Crippen molar-refractivity contribution in [1.82, 2.24) is 5.32 Å². The third kappa shape index (κ3) is 7.36. The topological polar surface area (TPSA) is 81.7 Å². The van der Waals surface area contributed by atoms with Crippen molar-refractivity contribution in [2.75, 3.05) is 25.6 Å². The zero-order chi connectivity index (χ0) is 18.4. The van der Waals surface area contributed by atoms with Crippen molar-refractivity contribution in [3.63, 3.8) is 0 Å². The fourth-order valence-electron chi connectivity index (χ4n) is 1.73. The van der Waals surface area contributed by atoms with Crippen molar-refractivity contribution >= 4 is 39.0 Å². The highest BCUT2D eigenvalue weighted by Crippen LogP contribution is 2.29. The fourth-order valence-corrected chi connectivity index (χ4v) is 4.12. The minimum Gasteiger partial charge on any atom is -0.458 e. The minimum atomic E-state index is -3.67. The molecule has 0 radical (unpaired) electrons. The summed E-state index contributed by atoms with van der Waals surface area (Å²) < 4.78 is 34.6. The highest BCUT2D eigenvalue weighted by Gasteiger charge is 2.21. The van der Waals surface area contributed by atoms with Gasteiger partial charge in [-0.3, -0.25) is 0 Å². The van der Waals surface area contributed by atoms with Crippen molar-refractivity contribution in [2.45, 2.75) is 31.3 Å². The van der Waals surface area contributed by atoms with Gasteiger partial charge in [0.2, 0.25) is 0 Å². The second-order valence-electron chi connectivity index (χ2n) is 5.95. The van der Waals surface area contributed by atoms with Crippen LogP contribution in [0, 0.1) is 0 Å². The molecule has 6 nitrogen and oxygen atoms in total. The molecule has 0 aliphatic carbocycles. The average Bonchev–Trinajstić information content (AvgIpc) is 2.40. The van der Waals surface area contributed by atoms with Gasteiger partial charge < -0.3 is 14.8 Å². The molecule has 24 heavy (non-hydrogen) atoms. The summed E-state index contributed by atoms with van der Waals surface area (Å²) in [5, 5.41) is 2.87. The van der Waals surface area contributed by atoms with Crippen molar-refractivity contribution < 1.29 is 22.7 Å². The van der Waals surface area contributed by atoms with Gasteiger partial charge in [0.15, 0.2) is 9.84 Å². The Balaban J connectivity index is 2.36. The molecule has 0 aliphatic rings. The second kappa shape index (κ2) is 9.01. The number of halogens is 2. The van der Waals surface area contributed by atoms with Crippen molar-refractivity contribution in [1.29, 1.82) is 0 Å². The molecule has 136 valence electrons. The summed E-state index contributed by atoms with van der Waals surface area (Å²) in [6.07, 6.45) is 0. The van der Waals surface area contributed by atoms with E-state index in [0.717, 1.165) is 0 Å². The molecule has 0 spiro atoms. The summed E-state index contributed by atoms with van der Waals surface area (Å²) in [6, 6.07) is 4.50. The lowest BCUT2D eigenvalue weighted by Crippen LogP contribution is -2.29. The number of carbonyl (C=O) groups is 1. The summed E-state index contributed by atoms with van der Waals surface area (Å²) in [5.74, 6) is -0.815. The molecule has 1 aromatic rings. The number of hydrogen-bond acceptors (Lipinski definition) is 6. The number of esters is 1. The van der Waals surface area contributed by atoms with E-state index in [-0.39, 0.29) is 40.6 Å². The van der Waals surface area contributed by atoms with E-state index in [2.05, 4.69) is 5.32 Å². The van der Waals surface area contributed by atoms with Crippen LogP contribution in [0.4, 0.5) is 0 Å². The summed E-state index contributed by atoms with van der Waals surface area (Å²) >= 11 is 11.8. The van der Waals surface area contributed by atoms with E-state index in [0.29, 0.717) is 0 Å². The Morgan fingerprint density at radius 3 is 2.33 bits per heavy atom. The van der Waals surface area contributed by atoms with Crippen LogP contribution in [0.1, 0.15) is 20.8 Å². The molecule has 0 atom stereocenters. The quantitative estimate of drug-likeness (QED) is 0.536. The number of benzene rings is 1. The largest absolute Gasteiger partial charge is 0.458 e. The van der Waals surface area contributed by atoms with E-state index in [1.807, 2.05) is 0 Å². The predicted octanol–water partition coefficient (Wildman–Crippen LogP) is 2.67. The molecule has 9 heteroatoms. The number of nitrogens with one attached hydrogen (secondary N) is 1. The van der Waals surface area contributed by atoms with Crippen LogP contribution in [0.25, 0.3) is 0 Å². The maximum Gasteiger partial charge on any atom is 0.332 e. The summed E-state index contributed by atoms with van der Waals surface area (Å²) in [6.45, 7) is 5.49. The fraction of sp³-hybridized carbons (Fsp3) is 0.533. The summed E-state index contributed by atoms with van der Waals surface area (Å²) in [7, 11) is -3.67. The standard InChI is InChI=1S/C15H21Cl2NO5S/c1-15(2,3)23-13(19)9-22-8-7-18-10-24(20,21)14-11(16)5-4-6-12(14)17/h4-6,18H,7-10H2,1-3H3. The van der Waals surface area contributed by atoms with Gasteiger partial charge in [-0.05, 0) is 32.9 Å². The first kappa shape index (κ1) is 21.2. The van der Waals surface area contributed by atoms with Crippen LogP contribution in [0.15, 0.2) is 23.1 Å². The molecule has 0 fully saturated rings. The lowest BCUT2D eigenvalue weighted by Gasteiger charge is -2.19. The van der Waals surface area contributed by atoms with Gasteiger partial charge in [0.1, 0.15) is 23.0 Å². The van der Waals surface area contributed by atoms with Gasteiger partial charge in [-0.2, -0.15) is 0 Å². The van der Waals surface area contributed by atoms with Gasteiger partial charge in [-0.25, -0.2) is 13.2 Å². The zero-order valence-electron chi connectivity index (χ0n) is 13.8. The number of sulfone groups is 1. The molecule has 0 aromatic heterocycles. The summed E-state index contributed by atoms with van der Waals surface area (Å²) in [4.78, 5) is 11.3. The van der Waals surface area contributed by atoms with Gasteiger partial charge in [-0.15, -0.1) is 0 Å². The van der Waals surface area contributed by atoms with Gasteiger partial charge in [0.05, 0.1) is 16.7 Å². The third-order valence-corrected chi connectivity index (χ3v) is 5.09. The Morgan fingerprint density at radius 1 is 1.21 bits per heavy atom. The van der Waals surface area contributed by atoms with E-state index in [9.17, 15) is 13.2 Å². The Bertz CT molecular complexity index is 651. The normalized spacial score (nSPS) is 12.2. The van der Waals surface area contributed by atoms with Gasteiger partial charge >= 0.3 is 5.97 Å². The van der Waals surface area contributed by atoms with Crippen LogP contribution in [-0.4, -0.2) is 45.6 Å². The molecule has 0 aliphatic heterocycles. The molecule has 0 saturated carbocycles. The third-order valence-electron chi connectivity index (χ3n) is 2.59. The van der Waals surface area contributed by atoms with E-state index >= 15 is 0 Å². The van der Waals surface area contributed by atoms with Crippen molar-refractivity contribution in [2.24, 2.45) is 0 Å². The number of rotatable bonds is 8. The van der Waals surface area contributed by atoms with E-state index in [1.165, 1.54) is 12.1 Å². The Kier molecular flexibility index (Phi) is 7.95. The molecule has 1 aromatic carbocycles. The Hall–Kier alpha value is -0.860. The molecule has 1 N–H and O–H groups in total. The highest BCUT2D eigenvalue weighted by molar-refractivity contribution is 7.91. The van der Waals surface area contributed by atoms with Crippen LogP contribution in [0.3, 0.4) is 0 Å². The van der Waals surface area contributed by atoms with Crippen LogP contribution in [-0.2, 0) is 24.1 Å². The van der Waals surface area contributed by atoms with Gasteiger partial charge in [-0.1, -0.05) is 29.3 Å². The van der Waals surface area contributed by atoms with Crippen LogP contribution in [0.5, 0.6) is 0 Å². The van der Waals surface area contributed by atoms with Crippen molar-refractivity contribution in [3.8, 4) is 0 Å². The minimum absolute atomic E-state index is 0.0745. The van der Waals surface area contributed by atoms with E-state index in [1.54, 1.807) is 26.8 Å². The monoisotopic (exact) mass is 397 g/mol. The van der Waals surface area contributed by atoms with E-state index < -0.39 is 21.4 Å². The van der Waals surface area contributed by atoms with Gasteiger partial charge in [0.25, 0.3) is 0 Å². The molecule has 0 saturated heterocycles. The summed E-state index contributed by atoms with van der Waals surface area (Å²) in [5.41, 5.74) is -0.568.